The lowest BCUT2D eigenvalue weighted by molar-refractivity contribution is 0.668. The molecule has 14 rings (SSSR count). The van der Waals surface area contributed by atoms with Gasteiger partial charge in [-0.3, -0.25) is 0 Å². The van der Waals surface area contributed by atoms with E-state index >= 15 is 0 Å². The van der Waals surface area contributed by atoms with Crippen LogP contribution in [0.5, 0.6) is 0 Å². The van der Waals surface area contributed by atoms with Crippen molar-refractivity contribution in [2.75, 3.05) is 0 Å². The van der Waals surface area contributed by atoms with Gasteiger partial charge in [0.05, 0.1) is 22.1 Å². The molecule has 0 atom stereocenters. The minimum Gasteiger partial charge on any atom is -0.456 e. The van der Waals surface area contributed by atoms with Crippen LogP contribution in [-0.4, -0.2) is 19.5 Å². The van der Waals surface area contributed by atoms with Crippen LogP contribution in [0.3, 0.4) is 0 Å². The number of rotatable bonds is 4. The van der Waals surface area contributed by atoms with E-state index in [1.807, 2.05) is 30.3 Å². The number of nitrogens with zero attached hydrogens (tertiary/aromatic N) is 4. The number of aromatic nitrogens is 4. The molecule has 0 saturated carbocycles. The van der Waals surface area contributed by atoms with Crippen molar-refractivity contribution >= 4 is 98.0 Å². The molecule has 0 bridgehead atoms. The van der Waals surface area contributed by atoms with Crippen molar-refractivity contribution in [3.8, 4) is 39.9 Å². The summed E-state index contributed by atoms with van der Waals surface area (Å²) in [5, 5.41) is 13.2. The minimum atomic E-state index is 0.554. The van der Waals surface area contributed by atoms with Crippen molar-refractivity contribution in [1.82, 2.24) is 19.5 Å². The van der Waals surface area contributed by atoms with Crippen LogP contribution in [0.2, 0.25) is 0 Å². The zero-order valence-electron chi connectivity index (χ0n) is 33.6. The highest BCUT2D eigenvalue weighted by atomic mass is 16.3. The molecule has 4 heterocycles. The fraction of sp³-hybridized carbons (Fsp3) is 0. The number of hydrogen-bond acceptors (Lipinski definition) is 5. The summed E-state index contributed by atoms with van der Waals surface area (Å²) in [6.45, 7) is 0. The molecule has 4 aromatic heterocycles. The Morgan fingerprint density at radius 2 is 0.905 bits per heavy atom. The molecule has 10 aromatic carbocycles. The summed E-state index contributed by atoms with van der Waals surface area (Å²) >= 11 is 0. The van der Waals surface area contributed by atoms with Crippen LogP contribution >= 0.6 is 0 Å². The number of benzene rings is 10. The summed E-state index contributed by atoms with van der Waals surface area (Å²) in [7, 11) is 0. The SMILES string of the molecule is c1ccc2cc3c(cc2c1)oc1ccc(-c2nc(-c4ccc5oc6ccccc6c5c4)nc(-c4cccc5ccccc45)n2)c(-n2c4ccccc4c4cc5ccccc5cc42)c13. The molecule has 0 amide bonds. The highest BCUT2D eigenvalue weighted by Gasteiger charge is 2.25. The Hall–Kier alpha value is -8.61. The summed E-state index contributed by atoms with van der Waals surface area (Å²) in [4.78, 5) is 16.2. The van der Waals surface area contributed by atoms with Crippen LogP contribution in [0.1, 0.15) is 0 Å². The van der Waals surface area contributed by atoms with Gasteiger partial charge in [0.15, 0.2) is 17.5 Å². The van der Waals surface area contributed by atoms with Crippen molar-refractivity contribution in [1.29, 1.82) is 0 Å². The summed E-state index contributed by atoms with van der Waals surface area (Å²) in [6, 6.07) is 68.0. The first-order valence-electron chi connectivity index (χ1n) is 21.2. The second kappa shape index (κ2) is 12.9. The van der Waals surface area contributed by atoms with E-state index in [-0.39, 0.29) is 0 Å². The molecule has 0 fully saturated rings. The molecular weight excluding hydrogens is 773 g/mol. The Balaban J connectivity index is 1.14. The van der Waals surface area contributed by atoms with Gasteiger partial charge in [-0.1, -0.05) is 127 Å². The van der Waals surface area contributed by atoms with Crippen LogP contribution in [0.4, 0.5) is 0 Å². The normalized spacial score (nSPS) is 12.1. The van der Waals surface area contributed by atoms with Crippen molar-refractivity contribution in [3.05, 3.63) is 194 Å². The van der Waals surface area contributed by atoms with Crippen molar-refractivity contribution in [2.45, 2.75) is 0 Å². The number of fused-ring (bicyclic) bond motifs is 12. The smallest absolute Gasteiger partial charge is 0.166 e. The molecule has 0 aliphatic carbocycles. The second-order valence-electron chi connectivity index (χ2n) is 16.3. The van der Waals surface area contributed by atoms with Gasteiger partial charge in [0.25, 0.3) is 0 Å². The quantitative estimate of drug-likeness (QED) is 0.177. The fourth-order valence-electron chi connectivity index (χ4n) is 9.88. The Bertz CT molecular complexity index is 4230. The maximum atomic E-state index is 6.81. The first kappa shape index (κ1) is 34.1. The average molecular weight is 805 g/mol. The molecule has 6 heteroatoms. The van der Waals surface area contributed by atoms with Crippen LogP contribution in [0.15, 0.2) is 203 Å². The highest BCUT2D eigenvalue weighted by molar-refractivity contribution is 6.19. The number of para-hydroxylation sites is 2. The van der Waals surface area contributed by atoms with Gasteiger partial charge in [0.2, 0.25) is 0 Å². The first-order valence-corrected chi connectivity index (χ1v) is 21.2. The van der Waals surface area contributed by atoms with E-state index in [0.29, 0.717) is 17.5 Å². The van der Waals surface area contributed by atoms with Gasteiger partial charge in [-0.05, 0) is 99.0 Å². The topological polar surface area (TPSA) is 69.9 Å². The minimum absolute atomic E-state index is 0.554. The van der Waals surface area contributed by atoms with E-state index < -0.39 is 0 Å². The Kier molecular flexibility index (Phi) is 7.02. The molecule has 0 saturated heterocycles. The molecule has 0 aliphatic rings. The summed E-state index contributed by atoms with van der Waals surface area (Å²) < 4.78 is 15.5. The lowest BCUT2D eigenvalue weighted by atomic mass is 10.0. The highest BCUT2D eigenvalue weighted by Crippen LogP contribution is 2.45. The predicted molar refractivity (Wildman–Crippen MR) is 258 cm³/mol. The summed E-state index contributed by atoms with van der Waals surface area (Å²) in [5.74, 6) is 1.71. The zero-order valence-corrected chi connectivity index (χ0v) is 33.6. The summed E-state index contributed by atoms with van der Waals surface area (Å²) in [5.41, 5.74) is 9.02. The third-order valence-corrected chi connectivity index (χ3v) is 12.8. The van der Waals surface area contributed by atoms with Gasteiger partial charge >= 0.3 is 0 Å². The first-order chi connectivity index (χ1) is 31.2. The monoisotopic (exact) mass is 804 g/mol. The van der Waals surface area contributed by atoms with E-state index in [1.54, 1.807) is 0 Å². The molecule has 14 aromatic rings. The van der Waals surface area contributed by atoms with Gasteiger partial charge in [-0.2, -0.15) is 0 Å². The molecule has 0 aliphatic heterocycles. The maximum Gasteiger partial charge on any atom is 0.166 e. The standard InChI is InChI=1S/C57H32N4O2/c1-3-15-36-31-48-44(28-34(36)13-1)40-19-7-9-22-47(40)61(48)54-43(25-27-51-53(54)46-29-35-14-2-4-16-37(35)32-52(46)63-51)57-59-55(38-24-26-50-45(30-38)41-20-8-10-23-49(41)62-50)58-56(60-57)42-21-11-17-33-12-5-6-18-39(33)42/h1-32H. The fourth-order valence-corrected chi connectivity index (χ4v) is 9.88. The average Bonchev–Trinajstić information content (AvgIpc) is 4.00. The molecule has 292 valence electrons. The number of furan rings is 2. The Labute approximate surface area is 358 Å². The van der Waals surface area contributed by atoms with Crippen LogP contribution in [-0.2, 0) is 0 Å². The molecule has 0 N–H and O–H groups in total. The number of hydrogen-bond donors (Lipinski definition) is 0. The summed E-state index contributed by atoms with van der Waals surface area (Å²) in [6.07, 6.45) is 0. The lowest BCUT2D eigenvalue weighted by Crippen LogP contribution is -2.04. The molecule has 0 unspecified atom stereocenters. The maximum absolute atomic E-state index is 6.81. The van der Waals surface area contributed by atoms with Gasteiger partial charge in [-0.25, -0.2) is 15.0 Å². The predicted octanol–water partition coefficient (Wildman–Crippen LogP) is 15.2. The van der Waals surface area contributed by atoms with Crippen LogP contribution in [0, 0.1) is 0 Å². The van der Waals surface area contributed by atoms with Crippen LogP contribution < -0.4 is 0 Å². The van der Waals surface area contributed by atoms with E-state index in [0.717, 1.165) is 110 Å². The van der Waals surface area contributed by atoms with Crippen molar-refractivity contribution < 1.29 is 8.83 Å². The van der Waals surface area contributed by atoms with Gasteiger partial charge in [0.1, 0.15) is 22.3 Å². The second-order valence-corrected chi connectivity index (χ2v) is 16.3. The molecule has 6 nitrogen and oxygen atoms in total. The van der Waals surface area contributed by atoms with Gasteiger partial charge in [0, 0.05) is 43.6 Å². The van der Waals surface area contributed by atoms with Crippen molar-refractivity contribution in [3.63, 3.8) is 0 Å². The third kappa shape index (κ3) is 5.09. The Morgan fingerprint density at radius 3 is 1.73 bits per heavy atom. The van der Waals surface area contributed by atoms with E-state index in [4.69, 9.17) is 23.8 Å². The molecule has 0 spiro atoms. The Morgan fingerprint density at radius 1 is 0.317 bits per heavy atom. The van der Waals surface area contributed by atoms with E-state index in [9.17, 15) is 0 Å². The van der Waals surface area contributed by atoms with Gasteiger partial charge < -0.3 is 13.4 Å². The molecule has 63 heavy (non-hydrogen) atoms. The van der Waals surface area contributed by atoms with E-state index in [1.165, 1.54) is 10.8 Å². The van der Waals surface area contributed by atoms with Crippen molar-refractivity contribution in [2.24, 2.45) is 0 Å². The van der Waals surface area contributed by atoms with Gasteiger partial charge in [-0.15, -0.1) is 0 Å². The van der Waals surface area contributed by atoms with Crippen LogP contribution in [0.25, 0.3) is 138 Å². The van der Waals surface area contributed by atoms with E-state index in [2.05, 4.69) is 168 Å². The zero-order chi connectivity index (χ0) is 41.2. The lowest BCUT2D eigenvalue weighted by Gasteiger charge is -2.16. The molecule has 0 radical (unpaired) electrons. The molecular formula is C57H32N4O2. The third-order valence-electron chi connectivity index (χ3n) is 12.8. The largest absolute Gasteiger partial charge is 0.456 e.